The van der Waals surface area contributed by atoms with Crippen molar-refractivity contribution in [2.75, 3.05) is 5.32 Å². The summed E-state index contributed by atoms with van der Waals surface area (Å²) in [6, 6.07) is 8.03. The van der Waals surface area contributed by atoms with Gasteiger partial charge >= 0.3 is 0 Å². The summed E-state index contributed by atoms with van der Waals surface area (Å²) in [5, 5.41) is 4.78. The van der Waals surface area contributed by atoms with Crippen LogP contribution in [0.1, 0.15) is 37.9 Å². The predicted octanol–water partition coefficient (Wildman–Crippen LogP) is 4.69. The Hall–Kier alpha value is -1.33. The maximum atomic E-state index is 12.2. The number of benzene rings is 1. The molecule has 0 aliphatic rings. The minimum Gasteiger partial charge on any atom is -0.325 e. The van der Waals surface area contributed by atoms with Crippen molar-refractivity contribution in [3.63, 3.8) is 0 Å². The van der Waals surface area contributed by atoms with Crippen LogP contribution in [-0.4, -0.2) is 16.1 Å². The van der Waals surface area contributed by atoms with Gasteiger partial charge in [0, 0.05) is 16.8 Å². The third-order valence-corrected chi connectivity index (χ3v) is 5.28. The van der Waals surface area contributed by atoms with E-state index in [4.69, 9.17) is 0 Å². The van der Waals surface area contributed by atoms with Gasteiger partial charge in [-0.05, 0) is 37.5 Å². The quantitative estimate of drug-likeness (QED) is 0.812. The van der Waals surface area contributed by atoms with Crippen molar-refractivity contribution < 1.29 is 4.79 Å². The maximum Gasteiger partial charge on any atom is 0.237 e. The molecule has 0 saturated carbocycles. The van der Waals surface area contributed by atoms with E-state index in [1.165, 1.54) is 17.3 Å². The van der Waals surface area contributed by atoms with Crippen molar-refractivity contribution in [3.8, 4) is 0 Å². The Labute approximate surface area is 134 Å². The molecular formula is C16H20N2OS2. The molecular weight excluding hydrogens is 300 g/mol. The van der Waals surface area contributed by atoms with Crippen molar-refractivity contribution in [1.29, 1.82) is 0 Å². The number of nitrogens with zero attached hydrogens (tertiary/aromatic N) is 1. The van der Waals surface area contributed by atoms with E-state index in [-0.39, 0.29) is 11.2 Å². The van der Waals surface area contributed by atoms with Gasteiger partial charge in [-0.3, -0.25) is 4.79 Å². The van der Waals surface area contributed by atoms with Crippen LogP contribution in [0.4, 0.5) is 5.69 Å². The van der Waals surface area contributed by atoms with Crippen LogP contribution >= 0.6 is 23.1 Å². The molecule has 1 aromatic heterocycles. The number of thiazole rings is 1. The molecule has 0 saturated heterocycles. The van der Waals surface area contributed by atoms with E-state index in [0.717, 1.165) is 15.7 Å². The molecule has 0 aliphatic carbocycles. The Balaban J connectivity index is 1.93. The maximum absolute atomic E-state index is 12.2. The van der Waals surface area contributed by atoms with Crippen molar-refractivity contribution in [2.45, 2.75) is 43.2 Å². The number of thioether (sulfide) groups is 1. The van der Waals surface area contributed by atoms with Crippen LogP contribution in [0.2, 0.25) is 0 Å². The lowest BCUT2D eigenvalue weighted by Gasteiger charge is -2.11. The molecule has 0 aliphatic heterocycles. The van der Waals surface area contributed by atoms with Crippen LogP contribution in [0.15, 0.2) is 34.0 Å². The second kappa shape index (κ2) is 7.09. The first-order valence-electron chi connectivity index (χ1n) is 6.95. The lowest BCUT2D eigenvalue weighted by molar-refractivity contribution is -0.115. The molecule has 5 heteroatoms. The van der Waals surface area contributed by atoms with E-state index in [1.54, 1.807) is 11.3 Å². The first kappa shape index (κ1) is 16.0. The van der Waals surface area contributed by atoms with E-state index < -0.39 is 0 Å². The number of aromatic nitrogens is 1. The molecule has 1 aromatic carbocycles. The van der Waals surface area contributed by atoms with E-state index in [9.17, 15) is 4.79 Å². The highest BCUT2D eigenvalue weighted by molar-refractivity contribution is 8.02. The molecule has 0 bridgehead atoms. The average Bonchev–Trinajstić information content (AvgIpc) is 2.84. The van der Waals surface area contributed by atoms with Crippen LogP contribution in [0.5, 0.6) is 0 Å². The first-order chi connectivity index (χ1) is 9.95. The fourth-order valence-corrected chi connectivity index (χ4v) is 3.77. The van der Waals surface area contributed by atoms with Gasteiger partial charge in [-0.25, -0.2) is 4.98 Å². The minimum absolute atomic E-state index is 0.00477. The van der Waals surface area contributed by atoms with Gasteiger partial charge in [-0.1, -0.05) is 37.7 Å². The smallest absolute Gasteiger partial charge is 0.237 e. The lowest BCUT2D eigenvalue weighted by atomic mass is 10.0. The van der Waals surface area contributed by atoms with E-state index >= 15 is 0 Å². The Morgan fingerprint density at radius 3 is 2.43 bits per heavy atom. The summed E-state index contributed by atoms with van der Waals surface area (Å²) in [5.74, 6) is 0.502. The van der Waals surface area contributed by atoms with Crippen molar-refractivity contribution in [2.24, 2.45) is 0 Å². The zero-order valence-corrected chi connectivity index (χ0v) is 14.3. The zero-order valence-electron chi connectivity index (χ0n) is 12.7. The van der Waals surface area contributed by atoms with Gasteiger partial charge < -0.3 is 5.32 Å². The van der Waals surface area contributed by atoms with Gasteiger partial charge in [0.1, 0.15) is 0 Å². The molecule has 0 radical (unpaired) electrons. The number of anilines is 1. The van der Waals surface area contributed by atoms with Crippen molar-refractivity contribution in [1.82, 2.24) is 4.98 Å². The highest BCUT2D eigenvalue weighted by Crippen LogP contribution is 2.27. The second-order valence-corrected chi connectivity index (χ2v) is 7.73. The van der Waals surface area contributed by atoms with Gasteiger partial charge in [0.2, 0.25) is 5.91 Å². The van der Waals surface area contributed by atoms with Crippen LogP contribution < -0.4 is 5.32 Å². The molecule has 21 heavy (non-hydrogen) atoms. The zero-order chi connectivity index (χ0) is 15.4. The van der Waals surface area contributed by atoms with Gasteiger partial charge in [-0.2, -0.15) is 0 Å². The summed E-state index contributed by atoms with van der Waals surface area (Å²) in [5.41, 5.74) is 3.11. The standard InChI is InChI=1S/C16H20N2OS2/c1-10(2)13-5-7-14(8-6-13)18-15(19)12(4)21-16-17-11(3)9-20-16/h5-10,12H,1-4H3,(H,18,19)/t12-/m1/s1. The molecule has 0 fully saturated rings. The van der Waals surface area contributed by atoms with Crippen LogP contribution in [0.3, 0.4) is 0 Å². The summed E-state index contributed by atoms with van der Waals surface area (Å²) in [4.78, 5) is 16.6. The number of hydrogen-bond acceptors (Lipinski definition) is 4. The molecule has 2 rings (SSSR count). The fourth-order valence-electron chi connectivity index (χ4n) is 1.79. The highest BCUT2D eigenvalue weighted by atomic mass is 32.2. The topological polar surface area (TPSA) is 42.0 Å². The predicted molar refractivity (Wildman–Crippen MR) is 91.3 cm³/mol. The Morgan fingerprint density at radius 2 is 1.90 bits per heavy atom. The first-order valence-corrected chi connectivity index (χ1v) is 8.71. The highest BCUT2D eigenvalue weighted by Gasteiger charge is 2.16. The summed E-state index contributed by atoms with van der Waals surface area (Å²) in [6.45, 7) is 8.17. The molecule has 1 atom stereocenters. The molecule has 1 heterocycles. The summed E-state index contributed by atoms with van der Waals surface area (Å²) >= 11 is 3.07. The lowest BCUT2D eigenvalue weighted by Crippen LogP contribution is -2.22. The molecule has 2 aromatic rings. The molecule has 0 unspecified atom stereocenters. The molecule has 0 spiro atoms. The minimum atomic E-state index is -0.166. The number of nitrogens with one attached hydrogen (secondary N) is 1. The number of hydrogen-bond donors (Lipinski definition) is 1. The number of carbonyl (C=O) groups excluding carboxylic acids is 1. The van der Waals surface area contributed by atoms with E-state index in [0.29, 0.717) is 5.92 Å². The van der Waals surface area contributed by atoms with Gasteiger partial charge in [0.05, 0.1) is 5.25 Å². The van der Waals surface area contributed by atoms with Crippen molar-refractivity contribution in [3.05, 3.63) is 40.9 Å². The fraction of sp³-hybridized carbons (Fsp3) is 0.375. The summed E-state index contributed by atoms with van der Waals surface area (Å²) in [7, 11) is 0. The summed E-state index contributed by atoms with van der Waals surface area (Å²) < 4.78 is 0.935. The second-order valence-electron chi connectivity index (χ2n) is 5.28. The van der Waals surface area contributed by atoms with Crippen LogP contribution in [0, 0.1) is 6.92 Å². The Morgan fingerprint density at radius 1 is 1.24 bits per heavy atom. The van der Waals surface area contributed by atoms with Gasteiger partial charge in [0.25, 0.3) is 0 Å². The van der Waals surface area contributed by atoms with Gasteiger partial charge in [-0.15, -0.1) is 11.3 Å². The monoisotopic (exact) mass is 320 g/mol. The van der Waals surface area contributed by atoms with Crippen molar-refractivity contribution >= 4 is 34.7 Å². The molecule has 1 amide bonds. The largest absolute Gasteiger partial charge is 0.325 e. The molecule has 112 valence electrons. The number of carbonyl (C=O) groups is 1. The van der Waals surface area contributed by atoms with E-state index in [1.807, 2.05) is 31.4 Å². The third-order valence-electron chi connectivity index (χ3n) is 3.09. The average molecular weight is 320 g/mol. The molecule has 3 nitrogen and oxygen atoms in total. The number of amides is 1. The Bertz CT molecular complexity index is 605. The SMILES string of the molecule is Cc1csc(S[C@H](C)C(=O)Nc2ccc(C(C)C)cc2)n1. The summed E-state index contributed by atoms with van der Waals surface area (Å²) in [6.07, 6.45) is 0. The normalized spacial score (nSPS) is 12.4. The van der Waals surface area contributed by atoms with Gasteiger partial charge in [0.15, 0.2) is 4.34 Å². The van der Waals surface area contributed by atoms with Crippen LogP contribution in [0.25, 0.3) is 0 Å². The van der Waals surface area contributed by atoms with E-state index in [2.05, 4.69) is 36.3 Å². The number of rotatable bonds is 5. The number of aryl methyl sites for hydroxylation is 1. The third kappa shape index (κ3) is 4.58. The molecule has 1 N–H and O–H groups in total. The Kier molecular flexibility index (Phi) is 5.42. The van der Waals surface area contributed by atoms with Crippen LogP contribution in [-0.2, 0) is 4.79 Å².